The van der Waals surface area contributed by atoms with Crippen LogP contribution in [0.25, 0.3) is 0 Å². The third-order valence-electron chi connectivity index (χ3n) is 5.37. The Morgan fingerprint density at radius 2 is 1.88 bits per heavy atom. The van der Waals surface area contributed by atoms with Gasteiger partial charge in [0.2, 0.25) is 15.9 Å². The van der Waals surface area contributed by atoms with Gasteiger partial charge in [0.1, 0.15) is 6.10 Å². The van der Waals surface area contributed by atoms with Crippen molar-refractivity contribution in [2.75, 3.05) is 27.8 Å². The zero-order chi connectivity index (χ0) is 23.5. The van der Waals surface area contributed by atoms with Gasteiger partial charge in [-0.2, -0.15) is 0 Å². The van der Waals surface area contributed by atoms with Crippen molar-refractivity contribution in [3.05, 3.63) is 53.6 Å². The summed E-state index contributed by atoms with van der Waals surface area (Å²) >= 11 is 0. The smallest absolute Gasteiger partial charge is 0.229 e. The normalized spacial score (nSPS) is 19.1. The number of anilines is 3. The number of fused-ring (bicyclic) bond motifs is 1. The van der Waals surface area contributed by atoms with Gasteiger partial charge in [0.05, 0.1) is 12.3 Å². The molecule has 32 heavy (non-hydrogen) atoms. The molecule has 8 nitrogen and oxygen atoms in total. The number of carbonyl (C=O) groups is 2. The summed E-state index contributed by atoms with van der Waals surface area (Å²) < 4.78 is 31.3. The number of benzene rings is 2. The van der Waals surface area contributed by atoms with E-state index in [2.05, 4.69) is 10.0 Å². The molecule has 0 saturated carbocycles. The fraction of sp³-hybridized carbons (Fsp3) is 0.391. The molecule has 2 N–H and O–H groups in total. The Morgan fingerprint density at radius 3 is 2.44 bits per heavy atom. The van der Waals surface area contributed by atoms with Crippen molar-refractivity contribution in [3.63, 3.8) is 0 Å². The van der Waals surface area contributed by atoms with Gasteiger partial charge in [0.25, 0.3) is 0 Å². The van der Waals surface area contributed by atoms with E-state index in [-0.39, 0.29) is 18.0 Å². The number of aldehydes is 1. The van der Waals surface area contributed by atoms with E-state index in [4.69, 9.17) is 4.74 Å². The SMILES string of the molecule is CCOC(C=O)c1ccc(NC2CC(C)N(C(C)=O)c3ccc(NS(C)(=O)=O)cc32)cc1. The first-order valence-corrected chi connectivity index (χ1v) is 12.4. The number of carbonyl (C=O) groups excluding carboxylic acids is 2. The maximum atomic E-state index is 12.3. The number of sulfonamides is 1. The zero-order valence-corrected chi connectivity index (χ0v) is 19.5. The lowest BCUT2D eigenvalue weighted by Gasteiger charge is -2.39. The van der Waals surface area contributed by atoms with Crippen LogP contribution in [0.15, 0.2) is 42.5 Å². The molecule has 0 aliphatic carbocycles. The van der Waals surface area contributed by atoms with Crippen molar-refractivity contribution in [1.82, 2.24) is 0 Å². The van der Waals surface area contributed by atoms with Gasteiger partial charge in [-0.3, -0.25) is 9.52 Å². The van der Waals surface area contributed by atoms with E-state index in [9.17, 15) is 18.0 Å². The first-order valence-electron chi connectivity index (χ1n) is 10.5. The fourth-order valence-corrected chi connectivity index (χ4v) is 4.68. The highest BCUT2D eigenvalue weighted by molar-refractivity contribution is 7.92. The second-order valence-electron chi connectivity index (χ2n) is 7.95. The highest BCUT2D eigenvalue weighted by atomic mass is 32.2. The predicted octanol–water partition coefficient (Wildman–Crippen LogP) is 3.63. The van der Waals surface area contributed by atoms with E-state index in [1.54, 1.807) is 23.1 Å². The van der Waals surface area contributed by atoms with E-state index in [0.717, 1.165) is 35.0 Å². The summed E-state index contributed by atoms with van der Waals surface area (Å²) in [6.45, 7) is 5.79. The van der Waals surface area contributed by atoms with E-state index < -0.39 is 16.1 Å². The largest absolute Gasteiger partial charge is 0.378 e. The molecule has 3 atom stereocenters. The lowest BCUT2D eigenvalue weighted by Crippen LogP contribution is -2.43. The lowest BCUT2D eigenvalue weighted by atomic mass is 9.91. The minimum atomic E-state index is -3.43. The fourth-order valence-electron chi connectivity index (χ4n) is 4.12. The molecule has 0 fully saturated rings. The predicted molar refractivity (Wildman–Crippen MR) is 125 cm³/mol. The van der Waals surface area contributed by atoms with Crippen LogP contribution in [0.2, 0.25) is 0 Å². The third kappa shape index (κ3) is 5.46. The monoisotopic (exact) mass is 459 g/mol. The molecule has 0 aromatic heterocycles. The average molecular weight is 460 g/mol. The molecule has 172 valence electrons. The lowest BCUT2D eigenvalue weighted by molar-refractivity contribution is -0.118. The Balaban J connectivity index is 1.93. The summed E-state index contributed by atoms with van der Waals surface area (Å²) in [5, 5.41) is 3.49. The van der Waals surface area contributed by atoms with Crippen LogP contribution in [-0.4, -0.2) is 39.5 Å². The summed E-state index contributed by atoms with van der Waals surface area (Å²) in [5.74, 6) is -0.0683. The molecule has 1 heterocycles. The number of rotatable bonds is 8. The summed E-state index contributed by atoms with van der Waals surface area (Å²) in [5.41, 5.74) is 3.64. The summed E-state index contributed by atoms with van der Waals surface area (Å²) in [7, 11) is -3.43. The molecule has 0 saturated heterocycles. The summed E-state index contributed by atoms with van der Waals surface area (Å²) in [6.07, 6.45) is 1.92. The first kappa shape index (κ1) is 23.7. The Kier molecular flexibility index (Phi) is 7.20. The highest BCUT2D eigenvalue weighted by Gasteiger charge is 2.32. The molecule has 1 amide bonds. The Hall–Kier alpha value is -2.91. The summed E-state index contributed by atoms with van der Waals surface area (Å²) in [4.78, 5) is 25.3. The molecule has 1 aliphatic heterocycles. The van der Waals surface area contributed by atoms with Crippen molar-refractivity contribution >= 4 is 39.3 Å². The Bertz CT molecular complexity index is 1090. The number of nitrogens with one attached hydrogen (secondary N) is 2. The van der Waals surface area contributed by atoms with Crippen molar-refractivity contribution < 1.29 is 22.7 Å². The molecule has 0 spiro atoms. The van der Waals surface area contributed by atoms with Gasteiger partial charge < -0.3 is 19.7 Å². The second kappa shape index (κ2) is 9.70. The zero-order valence-electron chi connectivity index (χ0n) is 18.7. The Morgan fingerprint density at radius 1 is 1.22 bits per heavy atom. The first-order chi connectivity index (χ1) is 15.1. The second-order valence-corrected chi connectivity index (χ2v) is 9.70. The van der Waals surface area contributed by atoms with Gasteiger partial charge in [0.15, 0.2) is 6.29 Å². The molecule has 0 bridgehead atoms. The van der Waals surface area contributed by atoms with Crippen molar-refractivity contribution in [2.45, 2.75) is 45.4 Å². The van der Waals surface area contributed by atoms with Gasteiger partial charge in [-0.15, -0.1) is 0 Å². The van der Waals surface area contributed by atoms with E-state index in [1.807, 2.05) is 38.1 Å². The van der Waals surface area contributed by atoms with E-state index >= 15 is 0 Å². The van der Waals surface area contributed by atoms with Crippen LogP contribution in [0.4, 0.5) is 17.1 Å². The summed E-state index contributed by atoms with van der Waals surface area (Å²) in [6, 6.07) is 12.5. The van der Waals surface area contributed by atoms with Gasteiger partial charge >= 0.3 is 0 Å². The average Bonchev–Trinajstić information content (AvgIpc) is 2.71. The third-order valence-corrected chi connectivity index (χ3v) is 5.98. The highest BCUT2D eigenvalue weighted by Crippen LogP contribution is 2.40. The number of ether oxygens (including phenoxy) is 1. The molecule has 2 aromatic carbocycles. The van der Waals surface area contributed by atoms with Crippen molar-refractivity contribution in [3.8, 4) is 0 Å². The van der Waals surface area contributed by atoms with Gasteiger partial charge in [-0.25, -0.2) is 8.42 Å². The molecular formula is C23H29N3O5S. The van der Waals surface area contributed by atoms with Gasteiger partial charge in [-0.05, 0) is 56.2 Å². The van der Waals surface area contributed by atoms with Crippen LogP contribution in [0.1, 0.15) is 50.5 Å². The molecule has 2 aromatic rings. The number of hydrogen-bond donors (Lipinski definition) is 2. The Labute approximate surface area is 189 Å². The number of hydrogen-bond acceptors (Lipinski definition) is 6. The van der Waals surface area contributed by atoms with Crippen LogP contribution in [0.5, 0.6) is 0 Å². The van der Waals surface area contributed by atoms with Gasteiger partial charge in [-0.1, -0.05) is 12.1 Å². The number of amides is 1. The quantitative estimate of drug-likeness (QED) is 0.584. The molecule has 9 heteroatoms. The molecule has 0 radical (unpaired) electrons. The van der Waals surface area contributed by atoms with Crippen LogP contribution < -0.4 is 14.9 Å². The maximum absolute atomic E-state index is 12.3. The molecule has 1 aliphatic rings. The van der Waals surface area contributed by atoms with E-state index in [1.165, 1.54) is 6.92 Å². The van der Waals surface area contributed by atoms with E-state index in [0.29, 0.717) is 18.7 Å². The van der Waals surface area contributed by atoms with Crippen LogP contribution >= 0.6 is 0 Å². The molecule has 3 unspecified atom stereocenters. The van der Waals surface area contributed by atoms with Crippen LogP contribution in [0.3, 0.4) is 0 Å². The molecule has 3 rings (SSSR count). The standard InChI is InChI=1S/C23H29N3O5S/c1-5-31-23(14-27)17-6-8-18(9-7-17)24-21-12-15(2)26(16(3)28)22-11-10-19(13-20(21)22)25-32(4,29)30/h6-11,13-15,21,23-25H,5,12H2,1-4H3. The number of nitrogens with zero attached hydrogens (tertiary/aromatic N) is 1. The maximum Gasteiger partial charge on any atom is 0.229 e. The topological polar surface area (TPSA) is 105 Å². The van der Waals surface area contributed by atoms with Crippen molar-refractivity contribution in [1.29, 1.82) is 0 Å². The molecular weight excluding hydrogens is 430 g/mol. The van der Waals surface area contributed by atoms with Gasteiger partial charge in [0, 0.05) is 42.2 Å². The van der Waals surface area contributed by atoms with Crippen molar-refractivity contribution in [2.24, 2.45) is 0 Å². The van der Waals surface area contributed by atoms with Crippen LogP contribution in [-0.2, 0) is 24.3 Å². The minimum absolute atomic E-state index is 0.0390. The van der Waals surface area contributed by atoms with Crippen LogP contribution in [0, 0.1) is 0 Å². The minimum Gasteiger partial charge on any atom is -0.378 e.